The molecule has 0 saturated heterocycles. The summed E-state index contributed by atoms with van der Waals surface area (Å²) in [5.41, 5.74) is 6.85. The predicted octanol–water partition coefficient (Wildman–Crippen LogP) is 7.14. The third-order valence-electron chi connectivity index (χ3n) is 5.39. The van der Waals surface area contributed by atoms with E-state index in [0.29, 0.717) is 0 Å². The monoisotopic (exact) mass is 551 g/mol. The number of pyridine rings is 1. The third kappa shape index (κ3) is 3.51. The molecule has 29 heavy (non-hydrogen) atoms. The van der Waals surface area contributed by atoms with E-state index in [9.17, 15) is 0 Å². The summed E-state index contributed by atoms with van der Waals surface area (Å²) < 4.78 is 0. The van der Waals surface area contributed by atoms with Crippen LogP contribution in [0, 0.1) is 19.9 Å². The van der Waals surface area contributed by atoms with Crippen molar-refractivity contribution in [3.05, 3.63) is 102 Å². The van der Waals surface area contributed by atoms with Gasteiger partial charge in [-0.05, 0) is 51.4 Å². The van der Waals surface area contributed by atoms with Crippen molar-refractivity contribution in [2.24, 2.45) is 0 Å². The first kappa shape index (κ1) is 19.5. The third-order valence-corrected chi connectivity index (χ3v) is 5.39. The van der Waals surface area contributed by atoms with Crippen LogP contribution in [0.1, 0.15) is 11.1 Å². The molecular weight excluding hydrogens is 531 g/mol. The maximum Gasteiger partial charge on any atom is 0.0167 e. The molecule has 0 bridgehead atoms. The summed E-state index contributed by atoms with van der Waals surface area (Å²) in [5, 5.41) is 4.98. The maximum absolute atomic E-state index is 4.75. The molecule has 4 aromatic carbocycles. The average Bonchev–Trinajstić information content (AvgIpc) is 2.73. The van der Waals surface area contributed by atoms with E-state index < -0.39 is 0 Å². The zero-order chi connectivity index (χ0) is 19.1. The zero-order valence-corrected chi connectivity index (χ0v) is 18.8. The summed E-state index contributed by atoms with van der Waals surface area (Å²) in [4.78, 5) is 4.75. The molecule has 0 atom stereocenters. The van der Waals surface area contributed by atoms with E-state index in [1.54, 1.807) is 0 Å². The second kappa shape index (κ2) is 7.91. The van der Waals surface area contributed by atoms with Gasteiger partial charge < -0.3 is 4.98 Å². The van der Waals surface area contributed by atoms with Crippen LogP contribution in [0.25, 0.3) is 43.9 Å². The average molecular weight is 551 g/mol. The topological polar surface area (TPSA) is 12.9 Å². The normalized spacial score (nSPS) is 10.8. The zero-order valence-electron chi connectivity index (χ0n) is 16.4. The van der Waals surface area contributed by atoms with Crippen LogP contribution >= 0.6 is 0 Å². The van der Waals surface area contributed by atoms with E-state index in [2.05, 4.69) is 92.7 Å². The molecule has 5 rings (SSSR count). The fourth-order valence-electron chi connectivity index (χ4n) is 4.03. The van der Waals surface area contributed by atoms with E-state index in [1.807, 2.05) is 12.3 Å². The molecule has 1 aromatic heterocycles. The summed E-state index contributed by atoms with van der Waals surface area (Å²) in [7, 11) is 0. The molecule has 143 valence electrons. The second-order valence-corrected chi connectivity index (χ2v) is 7.32. The van der Waals surface area contributed by atoms with Gasteiger partial charge in [-0.2, -0.15) is 0 Å². The fraction of sp³-hybridized carbons (Fsp3) is 0.0741. The minimum Gasteiger partial charge on any atom is -0.304 e. The standard InChI is InChI=1S/C27H20N.Ir/c1-18-15-21(20-8-4-3-5-9-20)17-22(16-18)27-26-12-11-23-19(2)7-6-10-24(23)25(26)13-14-28-27;/h3-15,17H,1-2H3;/q-1;. The van der Waals surface area contributed by atoms with E-state index in [-0.39, 0.29) is 20.1 Å². The van der Waals surface area contributed by atoms with E-state index in [0.717, 1.165) is 16.8 Å². The van der Waals surface area contributed by atoms with Crippen molar-refractivity contribution in [1.82, 2.24) is 4.98 Å². The molecule has 1 radical (unpaired) electrons. The van der Waals surface area contributed by atoms with Gasteiger partial charge in [0.15, 0.2) is 0 Å². The molecule has 2 heteroatoms. The van der Waals surface area contributed by atoms with Gasteiger partial charge in [-0.25, -0.2) is 0 Å². The van der Waals surface area contributed by atoms with Crippen LogP contribution < -0.4 is 0 Å². The van der Waals surface area contributed by atoms with Crippen LogP contribution in [0.4, 0.5) is 0 Å². The van der Waals surface area contributed by atoms with Gasteiger partial charge in [0.1, 0.15) is 0 Å². The number of nitrogens with zero attached hydrogens (tertiary/aromatic N) is 1. The van der Waals surface area contributed by atoms with Crippen LogP contribution in [0.2, 0.25) is 0 Å². The fourth-order valence-corrected chi connectivity index (χ4v) is 4.03. The Morgan fingerprint density at radius 2 is 1.41 bits per heavy atom. The number of rotatable bonds is 2. The molecule has 1 heterocycles. The van der Waals surface area contributed by atoms with E-state index in [4.69, 9.17) is 4.98 Å². The van der Waals surface area contributed by atoms with Crippen molar-refractivity contribution >= 4 is 21.5 Å². The minimum absolute atomic E-state index is 0. The number of hydrogen-bond donors (Lipinski definition) is 0. The number of hydrogen-bond acceptors (Lipinski definition) is 1. The van der Waals surface area contributed by atoms with Gasteiger partial charge in [-0.15, -0.1) is 34.9 Å². The largest absolute Gasteiger partial charge is 0.304 e. The molecule has 0 N–H and O–H groups in total. The first-order valence-corrected chi connectivity index (χ1v) is 9.57. The summed E-state index contributed by atoms with van der Waals surface area (Å²) in [6, 6.07) is 31.4. The molecule has 0 saturated carbocycles. The van der Waals surface area contributed by atoms with Gasteiger partial charge in [0.25, 0.3) is 0 Å². The van der Waals surface area contributed by atoms with Crippen LogP contribution in [0.15, 0.2) is 85.1 Å². The predicted molar refractivity (Wildman–Crippen MR) is 118 cm³/mol. The van der Waals surface area contributed by atoms with Crippen molar-refractivity contribution < 1.29 is 20.1 Å². The molecular formula is C27H20IrN-. The summed E-state index contributed by atoms with van der Waals surface area (Å²) in [6.07, 6.45) is 1.91. The van der Waals surface area contributed by atoms with Crippen molar-refractivity contribution in [2.45, 2.75) is 13.8 Å². The Kier molecular flexibility index (Phi) is 5.32. The number of fused-ring (bicyclic) bond motifs is 3. The molecule has 0 aliphatic heterocycles. The van der Waals surface area contributed by atoms with Gasteiger partial charge in [-0.3, -0.25) is 0 Å². The molecule has 0 amide bonds. The quantitative estimate of drug-likeness (QED) is 0.168. The Bertz CT molecular complexity index is 1320. The van der Waals surface area contributed by atoms with Crippen molar-refractivity contribution in [3.8, 4) is 22.4 Å². The van der Waals surface area contributed by atoms with Crippen LogP contribution in [0.5, 0.6) is 0 Å². The molecule has 1 nitrogen and oxygen atoms in total. The molecule has 0 fully saturated rings. The minimum atomic E-state index is 0. The molecule has 0 spiro atoms. The Labute approximate surface area is 184 Å². The van der Waals surface area contributed by atoms with E-state index in [1.165, 1.54) is 38.2 Å². The van der Waals surface area contributed by atoms with Crippen molar-refractivity contribution in [3.63, 3.8) is 0 Å². The summed E-state index contributed by atoms with van der Waals surface area (Å²) in [5.74, 6) is 0. The Morgan fingerprint density at radius 3 is 2.24 bits per heavy atom. The smallest absolute Gasteiger partial charge is 0.0167 e. The second-order valence-electron chi connectivity index (χ2n) is 7.32. The van der Waals surface area contributed by atoms with Crippen molar-refractivity contribution in [2.75, 3.05) is 0 Å². The number of aryl methyl sites for hydroxylation is 2. The number of aromatic nitrogens is 1. The maximum atomic E-state index is 4.75. The van der Waals surface area contributed by atoms with Crippen LogP contribution in [-0.4, -0.2) is 4.98 Å². The van der Waals surface area contributed by atoms with Gasteiger partial charge in [-0.1, -0.05) is 67.6 Å². The van der Waals surface area contributed by atoms with Crippen LogP contribution in [-0.2, 0) is 20.1 Å². The Balaban J connectivity index is 0.00000205. The summed E-state index contributed by atoms with van der Waals surface area (Å²) >= 11 is 0. The molecule has 0 aliphatic rings. The first-order chi connectivity index (χ1) is 13.7. The van der Waals surface area contributed by atoms with Gasteiger partial charge >= 0.3 is 0 Å². The van der Waals surface area contributed by atoms with E-state index >= 15 is 0 Å². The molecule has 5 aromatic rings. The molecule has 0 aliphatic carbocycles. The van der Waals surface area contributed by atoms with Crippen LogP contribution in [0.3, 0.4) is 0 Å². The Morgan fingerprint density at radius 1 is 0.655 bits per heavy atom. The van der Waals surface area contributed by atoms with Gasteiger partial charge in [0.2, 0.25) is 0 Å². The summed E-state index contributed by atoms with van der Waals surface area (Å²) in [6.45, 7) is 4.26. The first-order valence-electron chi connectivity index (χ1n) is 9.57. The van der Waals surface area contributed by atoms with Gasteiger partial charge in [0, 0.05) is 26.3 Å². The van der Waals surface area contributed by atoms with Crippen molar-refractivity contribution in [1.29, 1.82) is 0 Å². The molecule has 0 unspecified atom stereocenters. The number of benzene rings is 4. The SMILES string of the molecule is Cc1[c-]c(-c2nccc3c2ccc2c(C)cccc23)cc(-c2ccccc2)c1.[Ir]. The van der Waals surface area contributed by atoms with Gasteiger partial charge in [0.05, 0.1) is 0 Å². The Hall–Kier alpha value is -2.80.